The quantitative estimate of drug-likeness (QED) is 0.155. The number of pyridine rings is 2. The molecule has 0 saturated carbocycles. The molecule has 0 radical (unpaired) electrons. The highest BCUT2D eigenvalue weighted by atomic mass is 32.2. The van der Waals surface area contributed by atoms with Crippen LogP contribution < -0.4 is 9.80 Å². The predicted octanol–water partition coefficient (Wildman–Crippen LogP) is 9.46. The number of aromatic nitrogens is 4. The first-order chi connectivity index (χ1) is 26.1. The molecule has 8 rings (SSSR count). The van der Waals surface area contributed by atoms with Gasteiger partial charge in [0.15, 0.2) is 0 Å². The van der Waals surface area contributed by atoms with Gasteiger partial charge < -0.3 is 9.13 Å². The number of amides is 4. The summed E-state index contributed by atoms with van der Waals surface area (Å²) in [6.07, 6.45) is 10.7. The monoisotopic (exact) mass is 750 g/mol. The van der Waals surface area contributed by atoms with E-state index in [1.165, 1.54) is 9.80 Å². The summed E-state index contributed by atoms with van der Waals surface area (Å²) in [6.45, 7) is 8.00. The number of rotatable bonds is 6. The third kappa shape index (κ3) is 7.08. The Kier molecular flexibility index (Phi) is 10.3. The smallest absolute Gasteiger partial charge is 0.298 e. The van der Waals surface area contributed by atoms with E-state index in [1.54, 1.807) is 61.2 Å². The van der Waals surface area contributed by atoms with E-state index in [-0.39, 0.29) is 22.3 Å². The lowest BCUT2D eigenvalue weighted by Crippen LogP contribution is -2.27. The molecule has 0 aliphatic carbocycles. The molecule has 0 spiro atoms. The van der Waals surface area contributed by atoms with Crippen LogP contribution in [0.4, 0.5) is 21.0 Å². The third-order valence-electron chi connectivity index (χ3n) is 8.94. The number of hydrogen-bond acceptors (Lipinski definition) is 8. The van der Waals surface area contributed by atoms with Crippen molar-refractivity contribution in [2.24, 2.45) is 0 Å². The van der Waals surface area contributed by atoms with Crippen LogP contribution in [0.5, 0.6) is 0 Å². The number of para-hydroxylation sites is 2. The number of thioether (sulfide) groups is 2. The van der Waals surface area contributed by atoms with Crippen molar-refractivity contribution < 1.29 is 19.2 Å². The summed E-state index contributed by atoms with van der Waals surface area (Å²) >= 11 is 1.94. The number of aryl methyl sites for hydroxylation is 2. The highest BCUT2D eigenvalue weighted by Crippen LogP contribution is 2.38. The molecule has 2 fully saturated rings. The van der Waals surface area contributed by atoms with Crippen molar-refractivity contribution in [3.63, 3.8) is 0 Å². The summed E-state index contributed by atoms with van der Waals surface area (Å²) in [5.74, 6) is -0.579. The van der Waals surface area contributed by atoms with Gasteiger partial charge >= 0.3 is 0 Å². The molecule has 2 aliphatic heterocycles. The minimum Gasteiger partial charge on any atom is -0.316 e. The average molecular weight is 751 g/mol. The van der Waals surface area contributed by atoms with E-state index in [0.29, 0.717) is 21.2 Å². The number of carbonyl (C=O) groups excluding carboxylic acids is 4. The Morgan fingerprint density at radius 1 is 0.500 bits per heavy atom. The van der Waals surface area contributed by atoms with Gasteiger partial charge in [0.25, 0.3) is 22.3 Å². The summed E-state index contributed by atoms with van der Waals surface area (Å²) in [7, 11) is 0. The fourth-order valence-corrected chi connectivity index (χ4v) is 8.12. The molecule has 10 nitrogen and oxygen atoms in total. The van der Waals surface area contributed by atoms with Crippen LogP contribution in [0.3, 0.4) is 0 Å². The van der Waals surface area contributed by atoms with E-state index in [9.17, 15) is 19.2 Å². The number of hydrogen-bond donors (Lipinski definition) is 0. The first kappa shape index (κ1) is 36.1. The topological polar surface area (TPSA) is 110 Å². The number of carbonyl (C=O) groups is 4. The maximum Gasteiger partial charge on any atom is 0.298 e. The molecular formula is C42H34N6O4S2. The fourth-order valence-electron chi connectivity index (χ4n) is 6.45. The minimum absolute atomic E-state index is 0.279. The van der Waals surface area contributed by atoms with Crippen molar-refractivity contribution in [3.8, 4) is 11.4 Å². The van der Waals surface area contributed by atoms with Crippen LogP contribution >= 0.6 is 23.5 Å². The van der Waals surface area contributed by atoms with Gasteiger partial charge in [-0.1, -0.05) is 36.4 Å². The van der Waals surface area contributed by atoms with Crippen LogP contribution in [0.15, 0.2) is 132 Å². The number of benzene rings is 2. The van der Waals surface area contributed by atoms with Crippen molar-refractivity contribution in [1.82, 2.24) is 19.1 Å². The zero-order valence-electron chi connectivity index (χ0n) is 29.8. The normalized spacial score (nSPS) is 15.8. The Morgan fingerprint density at radius 3 is 1.22 bits per heavy atom. The summed E-state index contributed by atoms with van der Waals surface area (Å²) in [4.78, 5) is 62.0. The highest BCUT2D eigenvalue weighted by Gasteiger charge is 2.37. The molecule has 268 valence electrons. The van der Waals surface area contributed by atoms with Crippen LogP contribution in [0, 0.1) is 27.7 Å². The first-order valence-electron chi connectivity index (χ1n) is 17.0. The zero-order valence-corrected chi connectivity index (χ0v) is 31.5. The van der Waals surface area contributed by atoms with Gasteiger partial charge in [-0.3, -0.25) is 29.1 Å². The average Bonchev–Trinajstić information content (AvgIpc) is 3.83. The molecule has 12 heteroatoms. The van der Waals surface area contributed by atoms with Crippen molar-refractivity contribution in [3.05, 3.63) is 166 Å². The molecule has 4 aromatic heterocycles. The second-order valence-corrected chi connectivity index (χ2v) is 14.4. The van der Waals surface area contributed by atoms with E-state index in [0.717, 1.165) is 68.8 Å². The predicted molar refractivity (Wildman–Crippen MR) is 216 cm³/mol. The summed E-state index contributed by atoms with van der Waals surface area (Å²) < 4.78 is 4.17. The van der Waals surface area contributed by atoms with E-state index in [4.69, 9.17) is 0 Å². The second-order valence-electron chi connectivity index (χ2n) is 12.5. The molecule has 0 atom stereocenters. The van der Waals surface area contributed by atoms with E-state index in [2.05, 4.69) is 19.1 Å². The molecule has 6 heterocycles. The minimum atomic E-state index is -0.289. The SMILES string of the molecule is Cc1cc(/C=C2\SC(=O)N(c3ccccc3)C2=O)c(C)n1-c1cccnc1.Cc1cc(/C=C2\SC(=O)N(c3ccccc3)C2=O)c(C)n1-c1cccnc1. The van der Waals surface area contributed by atoms with Crippen molar-refractivity contribution >= 4 is 69.3 Å². The third-order valence-corrected chi connectivity index (χ3v) is 10.7. The Labute approximate surface area is 320 Å². The molecule has 54 heavy (non-hydrogen) atoms. The summed E-state index contributed by atoms with van der Waals surface area (Å²) in [5.41, 5.74) is 8.98. The highest BCUT2D eigenvalue weighted by molar-refractivity contribution is 8.19. The van der Waals surface area contributed by atoms with Crippen LogP contribution in [-0.4, -0.2) is 41.4 Å². The Hall–Kier alpha value is -6.24. The first-order valence-corrected chi connectivity index (χ1v) is 18.6. The van der Waals surface area contributed by atoms with Gasteiger partial charge in [0.2, 0.25) is 0 Å². The lowest BCUT2D eigenvalue weighted by atomic mass is 10.2. The lowest BCUT2D eigenvalue weighted by Gasteiger charge is -2.11. The van der Waals surface area contributed by atoms with Gasteiger partial charge in [0.05, 0.1) is 45.0 Å². The molecule has 6 aromatic rings. The molecule has 4 amide bonds. The van der Waals surface area contributed by atoms with Gasteiger partial charge in [0.1, 0.15) is 0 Å². The number of nitrogens with zero attached hydrogens (tertiary/aromatic N) is 6. The van der Waals surface area contributed by atoms with Crippen LogP contribution in [0.25, 0.3) is 23.5 Å². The lowest BCUT2D eigenvalue weighted by molar-refractivity contribution is -0.114. The largest absolute Gasteiger partial charge is 0.316 e. The number of imide groups is 2. The maximum absolute atomic E-state index is 12.8. The van der Waals surface area contributed by atoms with Crippen molar-refractivity contribution in [2.45, 2.75) is 27.7 Å². The van der Waals surface area contributed by atoms with Crippen LogP contribution in [0.2, 0.25) is 0 Å². The van der Waals surface area contributed by atoms with Crippen molar-refractivity contribution in [2.75, 3.05) is 9.80 Å². The van der Waals surface area contributed by atoms with Crippen LogP contribution in [0.1, 0.15) is 33.9 Å². The molecule has 2 aliphatic rings. The van der Waals surface area contributed by atoms with Gasteiger partial charge in [0, 0.05) is 35.2 Å². The summed E-state index contributed by atoms with van der Waals surface area (Å²) in [5, 5.41) is -0.558. The fraction of sp³-hybridized carbons (Fsp3) is 0.0952. The molecule has 2 aromatic carbocycles. The van der Waals surface area contributed by atoms with Gasteiger partial charge in [-0.2, -0.15) is 0 Å². The second kappa shape index (κ2) is 15.4. The van der Waals surface area contributed by atoms with Gasteiger partial charge in [-0.15, -0.1) is 0 Å². The van der Waals surface area contributed by atoms with E-state index >= 15 is 0 Å². The summed E-state index contributed by atoms with van der Waals surface area (Å²) in [6, 6.07) is 29.7. The Bertz CT molecular complexity index is 2280. The molecule has 0 unspecified atom stereocenters. The molecule has 2 saturated heterocycles. The zero-order chi connectivity index (χ0) is 37.9. The standard InChI is InChI=1S/2C21H17N3O2S/c2*1-14-11-16(15(2)23(14)18-9-6-10-22-13-18)12-19-20(25)24(21(26)27-19)17-7-4-3-5-8-17/h2*3-13H,1-2H3/b2*19-12-. The number of anilines is 2. The van der Waals surface area contributed by atoms with E-state index in [1.807, 2.05) is 100 Å². The Balaban J connectivity index is 0.000000167. The molecule has 0 N–H and O–H groups in total. The molecule has 0 bridgehead atoms. The van der Waals surface area contributed by atoms with E-state index < -0.39 is 0 Å². The van der Waals surface area contributed by atoms with Gasteiger partial charge in [-0.25, -0.2) is 9.80 Å². The van der Waals surface area contributed by atoms with Crippen LogP contribution in [-0.2, 0) is 9.59 Å². The van der Waals surface area contributed by atoms with Crippen molar-refractivity contribution in [1.29, 1.82) is 0 Å². The Morgan fingerprint density at radius 2 is 0.870 bits per heavy atom. The maximum atomic E-state index is 12.8. The van der Waals surface area contributed by atoms with Gasteiger partial charge in [-0.05, 0) is 135 Å². The molecular weight excluding hydrogens is 717 g/mol.